The number of anilines is 2. The average Bonchev–Trinajstić information content (AvgIpc) is 3.45. The van der Waals surface area contributed by atoms with Crippen LogP contribution in [0.2, 0.25) is 5.02 Å². The van der Waals surface area contributed by atoms with E-state index in [9.17, 15) is 9.59 Å². The Bertz CT molecular complexity index is 1120. The Labute approximate surface area is 184 Å². The number of amides is 1. The fraction of sp³-hybridized carbons (Fsp3) is 0.182. The van der Waals surface area contributed by atoms with Crippen molar-refractivity contribution < 1.29 is 14.3 Å². The number of imidazole rings is 1. The molecule has 0 spiro atoms. The lowest BCUT2D eigenvalue weighted by molar-refractivity contribution is -0.135. The number of carbonyl (C=O) groups is 2. The molecule has 0 saturated heterocycles. The molecule has 1 aliphatic rings. The Morgan fingerprint density at radius 1 is 1.23 bits per heavy atom. The highest BCUT2D eigenvalue weighted by Gasteiger charge is 2.36. The number of ether oxygens (including phenoxy) is 1. The largest absolute Gasteiger partial charge is 0.461 e. The van der Waals surface area contributed by atoms with Gasteiger partial charge < -0.3 is 14.6 Å². The zero-order valence-corrected chi connectivity index (χ0v) is 17.5. The second-order valence-electron chi connectivity index (χ2n) is 6.79. The van der Waals surface area contributed by atoms with Gasteiger partial charge in [-0.05, 0) is 37.3 Å². The van der Waals surface area contributed by atoms with Gasteiger partial charge in [0.1, 0.15) is 11.8 Å². The second-order valence-corrected chi connectivity index (χ2v) is 7.20. The molecule has 1 unspecified atom stereocenters. The van der Waals surface area contributed by atoms with Crippen molar-refractivity contribution in [3.8, 4) is 5.69 Å². The molecule has 1 atom stereocenters. The fourth-order valence-corrected chi connectivity index (χ4v) is 3.57. The molecule has 0 radical (unpaired) electrons. The summed E-state index contributed by atoms with van der Waals surface area (Å²) in [6.45, 7) is 1.96. The van der Waals surface area contributed by atoms with Gasteiger partial charge in [-0.1, -0.05) is 29.8 Å². The van der Waals surface area contributed by atoms with Gasteiger partial charge >= 0.3 is 5.97 Å². The smallest absolute Gasteiger partial charge is 0.354 e. The number of nitrogens with zero attached hydrogens (tertiary/aromatic N) is 4. The average molecular weight is 438 g/mol. The van der Waals surface area contributed by atoms with Crippen LogP contribution in [0.1, 0.15) is 13.3 Å². The molecule has 0 bridgehead atoms. The predicted molar refractivity (Wildman–Crippen MR) is 119 cm³/mol. The number of rotatable bonds is 6. The molecule has 31 heavy (non-hydrogen) atoms. The molecule has 4 rings (SSSR count). The molecule has 2 heterocycles. The Morgan fingerprint density at radius 3 is 2.71 bits per heavy atom. The van der Waals surface area contributed by atoms with E-state index in [0.29, 0.717) is 16.4 Å². The maximum absolute atomic E-state index is 13.1. The minimum absolute atomic E-state index is 0.139. The second kappa shape index (κ2) is 9.01. The summed E-state index contributed by atoms with van der Waals surface area (Å²) in [4.78, 5) is 29.3. The summed E-state index contributed by atoms with van der Waals surface area (Å²) in [6.07, 6.45) is 5.22. The van der Waals surface area contributed by atoms with Crippen LogP contribution in [0.4, 0.5) is 11.4 Å². The van der Waals surface area contributed by atoms with Crippen molar-refractivity contribution >= 4 is 40.6 Å². The molecule has 2 aromatic carbocycles. The van der Waals surface area contributed by atoms with Crippen molar-refractivity contribution in [1.29, 1.82) is 0 Å². The van der Waals surface area contributed by atoms with E-state index in [0.717, 1.165) is 5.69 Å². The summed E-state index contributed by atoms with van der Waals surface area (Å²) in [5.41, 5.74) is 2.20. The minimum Gasteiger partial charge on any atom is -0.461 e. The van der Waals surface area contributed by atoms with Crippen molar-refractivity contribution in [1.82, 2.24) is 9.55 Å². The fourth-order valence-electron chi connectivity index (χ4n) is 3.29. The third kappa shape index (κ3) is 4.44. The van der Waals surface area contributed by atoms with E-state index < -0.39 is 12.0 Å². The van der Waals surface area contributed by atoms with Crippen molar-refractivity contribution in [2.75, 3.05) is 16.9 Å². The lowest BCUT2D eigenvalue weighted by atomic mass is 10.1. The molecule has 0 fully saturated rings. The van der Waals surface area contributed by atoms with Crippen LogP contribution >= 0.6 is 11.6 Å². The third-order valence-electron chi connectivity index (χ3n) is 4.74. The Hall–Kier alpha value is -3.65. The number of nitrogens with one attached hydrogen (secondary N) is 1. The SMILES string of the molecule is CCOC(=O)C1=NN(c2ccccc2)C(C(=O)Nc2ccc(-n3ccnc3)c(Cl)c2)C1. The van der Waals surface area contributed by atoms with Gasteiger partial charge in [0, 0.05) is 24.5 Å². The lowest BCUT2D eigenvalue weighted by Crippen LogP contribution is -2.38. The number of para-hydroxylation sites is 1. The van der Waals surface area contributed by atoms with Crippen LogP contribution in [0.15, 0.2) is 72.4 Å². The van der Waals surface area contributed by atoms with Gasteiger partial charge in [0.2, 0.25) is 5.91 Å². The van der Waals surface area contributed by atoms with Crippen LogP contribution < -0.4 is 10.3 Å². The monoisotopic (exact) mass is 437 g/mol. The molecule has 0 aliphatic carbocycles. The van der Waals surface area contributed by atoms with Gasteiger partial charge in [-0.15, -0.1) is 0 Å². The van der Waals surface area contributed by atoms with Crippen LogP contribution in [0.25, 0.3) is 5.69 Å². The third-order valence-corrected chi connectivity index (χ3v) is 5.05. The van der Waals surface area contributed by atoms with Crippen LogP contribution in [0.3, 0.4) is 0 Å². The highest BCUT2D eigenvalue weighted by atomic mass is 35.5. The van der Waals surface area contributed by atoms with Gasteiger partial charge in [-0.3, -0.25) is 9.80 Å². The molecule has 9 heteroatoms. The molecule has 1 amide bonds. The standard InChI is InChI=1S/C22H20ClN5O3/c1-2-31-22(30)18-13-20(28(26-18)16-6-4-3-5-7-16)21(29)25-15-8-9-19(17(23)12-15)27-11-10-24-14-27/h3-12,14,20H,2,13H2,1H3,(H,25,29). The van der Waals surface area contributed by atoms with Gasteiger partial charge in [0.15, 0.2) is 0 Å². The van der Waals surface area contributed by atoms with E-state index in [1.165, 1.54) is 0 Å². The number of aromatic nitrogens is 2. The Balaban J connectivity index is 1.55. The van der Waals surface area contributed by atoms with Crippen LogP contribution in [0, 0.1) is 0 Å². The van der Waals surface area contributed by atoms with E-state index in [2.05, 4.69) is 15.4 Å². The number of carbonyl (C=O) groups excluding carboxylic acids is 2. The minimum atomic E-state index is -0.700. The van der Waals surface area contributed by atoms with Crippen LogP contribution in [-0.4, -0.2) is 39.8 Å². The zero-order valence-electron chi connectivity index (χ0n) is 16.7. The molecule has 3 aromatic rings. The molecule has 1 N–H and O–H groups in total. The summed E-state index contributed by atoms with van der Waals surface area (Å²) in [6, 6.07) is 13.7. The van der Waals surface area contributed by atoms with E-state index in [-0.39, 0.29) is 24.6 Å². The highest BCUT2D eigenvalue weighted by molar-refractivity contribution is 6.38. The van der Waals surface area contributed by atoms with Gasteiger partial charge in [0.25, 0.3) is 0 Å². The van der Waals surface area contributed by atoms with E-state index in [4.69, 9.17) is 16.3 Å². The number of benzene rings is 2. The zero-order chi connectivity index (χ0) is 21.8. The van der Waals surface area contributed by atoms with E-state index in [1.807, 2.05) is 30.3 Å². The molecule has 8 nitrogen and oxygen atoms in total. The number of hydrazone groups is 1. The molecule has 1 aliphatic heterocycles. The first-order valence-electron chi connectivity index (χ1n) is 9.74. The van der Waals surface area contributed by atoms with Gasteiger partial charge in [0.05, 0.1) is 29.3 Å². The topological polar surface area (TPSA) is 88.8 Å². The molecular formula is C22H20ClN5O3. The highest BCUT2D eigenvalue weighted by Crippen LogP contribution is 2.28. The van der Waals surface area contributed by atoms with Gasteiger partial charge in [-0.2, -0.15) is 5.10 Å². The van der Waals surface area contributed by atoms with Gasteiger partial charge in [-0.25, -0.2) is 9.78 Å². The number of hydrogen-bond acceptors (Lipinski definition) is 6. The molecule has 1 aromatic heterocycles. The first-order chi connectivity index (χ1) is 15.1. The quantitative estimate of drug-likeness (QED) is 0.594. The first-order valence-corrected chi connectivity index (χ1v) is 10.1. The molecule has 0 saturated carbocycles. The summed E-state index contributed by atoms with van der Waals surface area (Å²) >= 11 is 6.39. The normalized spacial score (nSPS) is 15.5. The first kappa shape index (κ1) is 20.6. The van der Waals surface area contributed by atoms with E-state index >= 15 is 0 Å². The number of esters is 1. The summed E-state index contributed by atoms with van der Waals surface area (Å²) in [5.74, 6) is -0.829. The van der Waals surface area contributed by atoms with E-state index in [1.54, 1.807) is 53.4 Å². The Morgan fingerprint density at radius 2 is 2.03 bits per heavy atom. The number of halogens is 1. The summed E-state index contributed by atoms with van der Waals surface area (Å²) < 4.78 is 6.85. The Kier molecular flexibility index (Phi) is 5.99. The summed E-state index contributed by atoms with van der Waals surface area (Å²) in [7, 11) is 0. The predicted octanol–water partition coefficient (Wildman–Crippen LogP) is 3.66. The van der Waals surface area contributed by atoms with Crippen molar-refractivity contribution in [2.24, 2.45) is 5.10 Å². The molecular weight excluding hydrogens is 418 g/mol. The van der Waals surface area contributed by atoms with Crippen molar-refractivity contribution in [3.05, 3.63) is 72.3 Å². The van der Waals surface area contributed by atoms with Crippen molar-refractivity contribution in [3.63, 3.8) is 0 Å². The molecule has 158 valence electrons. The van der Waals surface area contributed by atoms with Crippen LogP contribution in [0.5, 0.6) is 0 Å². The summed E-state index contributed by atoms with van der Waals surface area (Å²) in [5, 5.41) is 9.25. The lowest BCUT2D eigenvalue weighted by Gasteiger charge is -2.22. The van der Waals surface area contributed by atoms with Crippen molar-refractivity contribution in [2.45, 2.75) is 19.4 Å². The number of hydrogen-bond donors (Lipinski definition) is 1. The maximum atomic E-state index is 13.1. The van der Waals surface area contributed by atoms with Crippen LogP contribution in [-0.2, 0) is 14.3 Å². The maximum Gasteiger partial charge on any atom is 0.354 e.